The van der Waals surface area contributed by atoms with Crippen molar-refractivity contribution in [2.24, 2.45) is 0 Å². The van der Waals surface area contributed by atoms with E-state index in [1.807, 2.05) is 62.4 Å². The van der Waals surface area contributed by atoms with Crippen LogP contribution in [-0.4, -0.2) is 27.6 Å². The Morgan fingerprint density at radius 1 is 1.08 bits per heavy atom. The Balaban J connectivity index is 1.66. The first kappa shape index (κ1) is 15.9. The van der Waals surface area contributed by atoms with Gasteiger partial charge in [0.15, 0.2) is 5.82 Å². The maximum absolute atomic E-state index is 5.87. The summed E-state index contributed by atoms with van der Waals surface area (Å²) in [6.45, 7) is 4.63. The van der Waals surface area contributed by atoms with E-state index in [-0.39, 0.29) is 6.10 Å². The zero-order chi connectivity index (χ0) is 16.8. The molecule has 0 fully saturated rings. The number of benzene rings is 1. The third-order valence-electron chi connectivity index (χ3n) is 3.43. The number of para-hydroxylation sites is 1. The van der Waals surface area contributed by atoms with Gasteiger partial charge in [-0.25, -0.2) is 9.97 Å². The van der Waals surface area contributed by atoms with Crippen LogP contribution in [0.2, 0.25) is 0 Å². The van der Waals surface area contributed by atoms with Gasteiger partial charge < -0.3 is 10.1 Å². The molecule has 122 valence electrons. The summed E-state index contributed by atoms with van der Waals surface area (Å²) in [7, 11) is 0. The van der Waals surface area contributed by atoms with Gasteiger partial charge in [0.2, 0.25) is 0 Å². The quantitative estimate of drug-likeness (QED) is 0.750. The fourth-order valence-electron chi connectivity index (χ4n) is 2.30. The number of aryl methyl sites for hydroxylation is 1. The molecule has 1 N–H and O–H groups in total. The number of hydrogen-bond donors (Lipinski definition) is 1. The highest BCUT2D eigenvalue weighted by Gasteiger charge is 2.08. The van der Waals surface area contributed by atoms with Crippen LogP contribution >= 0.6 is 0 Å². The minimum Gasteiger partial charge on any atom is -0.489 e. The summed E-state index contributed by atoms with van der Waals surface area (Å²) in [5.41, 5.74) is 1.81. The number of aromatic nitrogens is 3. The number of ether oxygens (including phenoxy) is 1. The molecule has 24 heavy (non-hydrogen) atoms. The standard InChI is InChI=1S/C19H20N4O/c1-14-11-18(23-19(22-14)16-7-6-10-20-13-16)21-12-15(2)24-17-8-4-3-5-9-17/h3-11,13,15H,12H2,1-2H3,(H,21,22,23). The molecule has 0 aliphatic rings. The smallest absolute Gasteiger partial charge is 0.163 e. The first-order valence-corrected chi connectivity index (χ1v) is 7.92. The van der Waals surface area contributed by atoms with Gasteiger partial charge in [-0.1, -0.05) is 18.2 Å². The maximum atomic E-state index is 5.87. The van der Waals surface area contributed by atoms with Gasteiger partial charge in [-0.3, -0.25) is 4.98 Å². The monoisotopic (exact) mass is 320 g/mol. The minimum atomic E-state index is 0.0181. The van der Waals surface area contributed by atoms with Crippen molar-refractivity contribution >= 4 is 5.82 Å². The molecule has 1 atom stereocenters. The van der Waals surface area contributed by atoms with Crippen LogP contribution in [0.15, 0.2) is 60.9 Å². The second kappa shape index (κ2) is 7.55. The van der Waals surface area contributed by atoms with Gasteiger partial charge in [0.05, 0.1) is 6.54 Å². The number of nitrogens with one attached hydrogen (secondary N) is 1. The normalized spacial score (nSPS) is 11.8. The number of rotatable bonds is 6. The molecule has 3 rings (SSSR count). The lowest BCUT2D eigenvalue weighted by Gasteiger charge is -2.16. The summed E-state index contributed by atoms with van der Waals surface area (Å²) in [5, 5.41) is 3.32. The van der Waals surface area contributed by atoms with E-state index < -0.39 is 0 Å². The molecule has 3 aromatic rings. The predicted octanol–water partition coefficient (Wildman–Crippen LogP) is 3.73. The fourth-order valence-corrected chi connectivity index (χ4v) is 2.30. The van der Waals surface area contributed by atoms with E-state index in [4.69, 9.17) is 4.74 Å². The number of hydrogen-bond acceptors (Lipinski definition) is 5. The van der Waals surface area contributed by atoms with Gasteiger partial charge in [0.1, 0.15) is 17.7 Å². The van der Waals surface area contributed by atoms with Crippen LogP contribution in [0.1, 0.15) is 12.6 Å². The Kier molecular flexibility index (Phi) is 5.01. The molecule has 2 heterocycles. The Morgan fingerprint density at radius 2 is 1.92 bits per heavy atom. The minimum absolute atomic E-state index is 0.0181. The molecule has 5 nitrogen and oxygen atoms in total. The van der Waals surface area contributed by atoms with Crippen molar-refractivity contribution in [3.63, 3.8) is 0 Å². The van der Waals surface area contributed by atoms with Gasteiger partial charge in [-0.15, -0.1) is 0 Å². The second-order valence-electron chi connectivity index (χ2n) is 5.58. The number of anilines is 1. The Labute approximate surface area is 141 Å². The molecule has 0 saturated carbocycles. The van der Waals surface area contributed by atoms with Crippen molar-refractivity contribution in [1.29, 1.82) is 0 Å². The summed E-state index contributed by atoms with van der Waals surface area (Å²) in [5.74, 6) is 2.31. The zero-order valence-electron chi connectivity index (χ0n) is 13.8. The maximum Gasteiger partial charge on any atom is 0.163 e. The van der Waals surface area contributed by atoms with Gasteiger partial charge in [-0.05, 0) is 38.1 Å². The van der Waals surface area contributed by atoms with Crippen molar-refractivity contribution in [3.05, 3.63) is 66.6 Å². The predicted molar refractivity (Wildman–Crippen MR) is 95.0 cm³/mol. The van der Waals surface area contributed by atoms with Gasteiger partial charge in [0.25, 0.3) is 0 Å². The molecule has 0 radical (unpaired) electrons. The molecule has 1 unspecified atom stereocenters. The highest BCUT2D eigenvalue weighted by Crippen LogP contribution is 2.17. The van der Waals surface area contributed by atoms with Crippen LogP contribution in [0, 0.1) is 6.92 Å². The Bertz CT molecular complexity index is 778. The molecule has 1 aromatic carbocycles. The van der Waals surface area contributed by atoms with Crippen molar-refractivity contribution in [2.75, 3.05) is 11.9 Å². The zero-order valence-corrected chi connectivity index (χ0v) is 13.8. The van der Waals surface area contributed by atoms with E-state index in [0.717, 1.165) is 22.8 Å². The third kappa shape index (κ3) is 4.29. The first-order chi connectivity index (χ1) is 11.7. The SMILES string of the molecule is Cc1cc(NCC(C)Oc2ccccc2)nc(-c2cccnc2)n1. The average molecular weight is 320 g/mol. The Morgan fingerprint density at radius 3 is 2.67 bits per heavy atom. The van der Waals surface area contributed by atoms with Crippen LogP contribution in [0.25, 0.3) is 11.4 Å². The van der Waals surface area contributed by atoms with Crippen molar-refractivity contribution in [1.82, 2.24) is 15.0 Å². The molecule has 5 heteroatoms. The fraction of sp³-hybridized carbons (Fsp3) is 0.211. The van der Waals surface area contributed by atoms with Crippen LogP contribution in [-0.2, 0) is 0 Å². The van der Waals surface area contributed by atoms with Crippen LogP contribution < -0.4 is 10.1 Å². The van der Waals surface area contributed by atoms with E-state index in [0.29, 0.717) is 12.4 Å². The van der Waals surface area contributed by atoms with E-state index in [1.165, 1.54) is 0 Å². The lowest BCUT2D eigenvalue weighted by Crippen LogP contribution is -2.23. The first-order valence-electron chi connectivity index (χ1n) is 7.92. The summed E-state index contributed by atoms with van der Waals surface area (Å²) >= 11 is 0. The summed E-state index contributed by atoms with van der Waals surface area (Å²) in [6, 6.07) is 15.6. The molecule has 0 bridgehead atoms. The van der Waals surface area contributed by atoms with E-state index in [1.54, 1.807) is 12.4 Å². The van der Waals surface area contributed by atoms with Gasteiger partial charge in [0, 0.05) is 29.7 Å². The van der Waals surface area contributed by atoms with Crippen molar-refractivity contribution in [2.45, 2.75) is 20.0 Å². The van der Waals surface area contributed by atoms with Crippen LogP contribution in [0.3, 0.4) is 0 Å². The van der Waals surface area contributed by atoms with E-state index >= 15 is 0 Å². The molecule has 0 spiro atoms. The lowest BCUT2D eigenvalue weighted by molar-refractivity contribution is 0.234. The largest absolute Gasteiger partial charge is 0.489 e. The van der Waals surface area contributed by atoms with E-state index in [9.17, 15) is 0 Å². The molecule has 2 aromatic heterocycles. The lowest BCUT2D eigenvalue weighted by atomic mass is 10.2. The van der Waals surface area contributed by atoms with Gasteiger partial charge in [-0.2, -0.15) is 0 Å². The second-order valence-corrected chi connectivity index (χ2v) is 5.58. The van der Waals surface area contributed by atoms with Crippen molar-refractivity contribution < 1.29 is 4.74 Å². The molecular weight excluding hydrogens is 300 g/mol. The molecule has 0 aliphatic carbocycles. The third-order valence-corrected chi connectivity index (χ3v) is 3.43. The van der Waals surface area contributed by atoms with Gasteiger partial charge >= 0.3 is 0 Å². The summed E-state index contributed by atoms with van der Waals surface area (Å²) in [4.78, 5) is 13.2. The van der Waals surface area contributed by atoms with Crippen molar-refractivity contribution in [3.8, 4) is 17.1 Å². The highest BCUT2D eigenvalue weighted by atomic mass is 16.5. The number of pyridine rings is 1. The molecule has 0 amide bonds. The number of nitrogens with zero attached hydrogens (tertiary/aromatic N) is 3. The molecule has 0 aliphatic heterocycles. The van der Waals surface area contributed by atoms with E-state index in [2.05, 4.69) is 20.3 Å². The summed E-state index contributed by atoms with van der Waals surface area (Å²) in [6.07, 6.45) is 3.52. The van der Waals surface area contributed by atoms with Crippen LogP contribution in [0.5, 0.6) is 5.75 Å². The molecule has 0 saturated heterocycles. The average Bonchev–Trinajstić information content (AvgIpc) is 2.61. The molecular formula is C19H20N4O. The topological polar surface area (TPSA) is 59.9 Å². The van der Waals surface area contributed by atoms with Crippen LogP contribution in [0.4, 0.5) is 5.82 Å². The summed E-state index contributed by atoms with van der Waals surface area (Å²) < 4.78 is 5.87. The Hall–Kier alpha value is -2.95. The highest BCUT2D eigenvalue weighted by molar-refractivity contribution is 5.56.